The molecular formula is C27H31ClN2O3S. The zero-order valence-corrected chi connectivity index (χ0v) is 21.2. The number of methoxy groups -OCH3 is 1. The van der Waals surface area contributed by atoms with Gasteiger partial charge in [0, 0.05) is 36.6 Å². The van der Waals surface area contributed by atoms with Gasteiger partial charge in [-0.25, -0.2) is 0 Å². The highest BCUT2D eigenvalue weighted by atomic mass is 35.5. The molecule has 7 heteroatoms. The average Bonchev–Trinajstić information content (AvgIpc) is 3.27. The van der Waals surface area contributed by atoms with Gasteiger partial charge in [-0.2, -0.15) is 0 Å². The fourth-order valence-electron chi connectivity index (χ4n) is 3.65. The van der Waals surface area contributed by atoms with Gasteiger partial charge in [0.2, 0.25) is 11.8 Å². The van der Waals surface area contributed by atoms with Gasteiger partial charge in [0.1, 0.15) is 5.38 Å². The van der Waals surface area contributed by atoms with Crippen LogP contribution in [0.5, 0.6) is 0 Å². The average molecular weight is 499 g/mol. The van der Waals surface area contributed by atoms with E-state index in [1.807, 2.05) is 65.6 Å². The van der Waals surface area contributed by atoms with Crippen LogP contribution >= 0.6 is 22.9 Å². The molecule has 1 unspecified atom stereocenters. The third-order valence-electron chi connectivity index (χ3n) is 5.44. The van der Waals surface area contributed by atoms with Crippen LogP contribution in [-0.4, -0.2) is 48.4 Å². The van der Waals surface area contributed by atoms with Crippen molar-refractivity contribution in [3.05, 3.63) is 93.7 Å². The summed E-state index contributed by atoms with van der Waals surface area (Å²) < 4.78 is 5.16. The van der Waals surface area contributed by atoms with E-state index in [1.54, 1.807) is 23.3 Å². The Labute approximate surface area is 210 Å². The van der Waals surface area contributed by atoms with Gasteiger partial charge >= 0.3 is 0 Å². The maximum absolute atomic E-state index is 13.5. The summed E-state index contributed by atoms with van der Waals surface area (Å²) in [5.41, 5.74) is 1.76. The number of benzene rings is 2. The first-order chi connectivity index (χ1) is 16.5. The smallest absolute Gasteiger partial charge is 0.245 e. The normalized spacial score (nSPS) is 11.7. The molecule has 0 aliphatic carbocycles. The lowest BCUT2D eigenvalue weighted by Gasteiger charge is -2.29. The molecular weight excluding hydrogens is 468 g/mol. The maximum atomic E-state index is 13.5. The van der Waals surface area contributed by atoms with Crippen LogP contribution in [0.4, 0.5) is 0 Å². The Morgan fingerprint density at radius 1 is 0.941 bits per heavy atom. The van der Waals surface area contributed by atoms with Crippen molar-refractivity contribution in [1.29, 1.82) is 0 Å². The van der Waals surface area contributed by atoms with E-state index in [2.05, 4.69) is 19.1 Å². The number of carbonyl (C=O) groups excluding carboxylic acids is 2. The van der Waals surface area contributed by atoms with Gasteiger partial charge in [0.05, 0.1) is 13.1 Å². The van der Waals surface area contributed by atoms with Crippen LogP contribution in [0.15, 0.2) is 72.8 Å². The van der Waals surface area contributed by atoms with Crippen LogP contribution in [0.1, 0.15) is 32.7 Å². The number of halogens is 1. The lowest BCUT2D eigenvalue weighted by atomic mass is 10.1. The molecule has 0 saturated carbocycles. The standard InChI is InChI=1S/C27H31ClN2O3S/c1-21-14-15-24(34-21)19-30(18-22-10-5-3-6-11-22)25(31)20-29(16-9-17-33-2)27(32)26(28)23-12-7-4-8-13-23/h3-8,10-15,26H,9,16-20H2,1-2H3. The van der Waals surface area contributed by atoms with Crippen molar-refractivity contribution in [3.63, 3.8) is 0 Å². The highest BCUT2D eigenvalue weighted by molar-refractivity contribution is 7.11. The second kappa shape index (κ2) is 13.3. The van der Waals surface area contributed by atoms with Crippen LogP contribution in [0.3, 0.4) is 0 Å². The zero-order chi connectivity index (χ0) is 24.3. The van der Waals surface area contributed by atoms with Crippen molar-refractivity contribution < 1.29 is 14.3 Å². The summed E-state index contributed by atoms with van der Waals surface area (Å²) in [5.74, 6) is -0.387. The largest absolute Gasteiger partial charge is 0.385 e. The Morgan fingerprint density at radius 2 is 1.62 bits per heavy atom. The summed E-state index contributed by atoms with van der Waals surface area (Å²) >= 11 is 8.22. The molecule has 3 rings (SSSR count). The van der Waals surface area contributed by atoms with E-state index >= 15 is 0 Å². The number of hydrogen-bond acceptors (Lipinski definition) is 4. The minimum absolute atomic E-state index is 0.0320. The van der Waals surface area contributed by atoms with Crippen LogP contribution in [0.2, 0.25) is 0 Å². The van der Waals surface area contributed by atoms with E-state index in [-0.39, 0.29) is 18.4 Å². The Bertz CT molecular complexity index is 1040. The predicted molar refractivity (Wildman–Crippen MR) is 138 cm³/mol. The van der Waals surface area contributed by atoms with E-state index in [0.717, 1.165) is 10.4 Å². The Kier molecular flexibility index (Phi) is 10.1. The Morgan fingerprint density at radius 3 is 2.24 bits per heavy atom. The fourth-order valence-corrected chi connectivity index (χ4v) is 4.84. The van der Waals surface area contributed by atoms with Crippen molar-refractivity contribution >= 4 is 34.8 Å². The summed E-state index contributed by atoms with van der Waals surface area (Å²) in [6.45, 7) is 3.88. The quantitative estimate of drug-likeness (QED) is 0.247. The first kappa shape index (κ1) is 25.9. The Balaban J connectivity index is 1.78. The predicted octanol–water partition coefficient (Wildman–Crippen LogP) is 5.43. The second-order valence-corrected chi connectivity index (χ2v) is 9.94. The van der Waals surface area contributed by atoms with Crippen molar-refractivity contribution in [2.24, 2.45) is 0 Å². The number of carbonyl (C=O) groups is 2. The third kappa shape index (κ3) is 7.69. The number of aryl methyl sites for hydroxylation is 1. The molecule has 34 heavy (non-hydrogen) atoms. The number of alkyl halides is 1. The maximum Gasteiger partial charge on any atom is 0.245 e. The molecule has 3 aromatic rings. The van der Waals surface area contributed by atoms with Gasteiger partial charge in [-0.05, 0) is 36.6 Å². The van der Waals surface area contributed by atoms with Crippen molar-refractivity contribution in [1.82, 2.24) is 9.80 Å². The SMILES string of the molecule is COCCCN(CC(=O)N(Cc1ccccc1)Cc1ccc(C)s1)C(=O)C(Cl)c1ccccc1. The summed E-state index contributed by atoms with van der Waals surface area (Å²) in [5, 5.41) is -0.848. The number of nitrogens with zero attached hydrogens (tertiary/aromatic N) is 2. The van der Waals surface area contributed by atoms with Gasteiger partial charge in [0.15, 0.2) is 0 Å². The number of amides is 2. The van der Waals surface area contributed by atoms with Crippen molar-refractivity contribution in [3.8, 4) is 0 Å². The summed E-state index contributed by atoms with van der Waals surface area (Å²) in [6.07, 6.45) is 0.622. The van der Waals surface area contributed by atoms with Gasteiger partial charge in [-0.1, -0.05) is 60.7 Å². The summed E-state index contributed by atoms with van der Waals surface area (Å²) in [6, 6.07) is 23.2. The van der Waals surface area contributed by atoms with Gasteiger partial charge in [-0.3, -0.25) is 9.59 Å². The van der Waals surface area contributed by atoms with Crippen LogP contribution in [0, 0.1) is 6.92 Å². The van der Waals surface area contributed by atoms with Crippen LogP contribution in [-0.2, 0) is 27.4 Å². The summed E-state index contributed by atoms with van der Waals surface area (Å²) in [4.78, 5) is 32.5. The number of rotatable bonds is 12. The molecule has 5 nitrogen and oxygen atoms in total. The third-order valence-corrected chi connectivity index (χ3v) is 6.86. The second-order valence-electron chi connectivity index (χ2n) is 8.13. The van der Waals surface area contributed by atoms with Crippen LogP contribution in [0.25, 0.3) is 0 Å². The zero-order valence-electron chi connectivity index (χ0n) is 19.7. The molecule has 0 aliphatic rings. The van der Waals surface area contributed by atoms with Crippen molar-refractivity contribution in [2.75, 3.05) is 26.8 Å². The fraction of sp³-hybridized carbons (Fsp3) is 0.333. The van der Waals surface area contributed by atoms with E-state index in [1.165, 1.54) is 4.88 Å². The van der Waals surface area contributed by atoms with Gasteiger partial charge in [0.25, 0.3) is 0 Å². The molecule has 0 N–H and O–H groups in total. The van der Waals surface area contributed by atoms with E-state index < -0.39 is 5.38 Å². The first-order valence-electron chi connectivity index (χ1n) is 11.3. The first-order valence-corrected chi connectivity index (χ1v) is 12.6. The molecule has 1 aromatic heterocycles. The molecule has 1 heterocycles. The molecule has 2 amide bonds. The lowest BCUT2D eigenvalue weighted by Crippen LogP contribution is -2.44. The molecule has 0 saturated heterocycles. The minimum atomic E-state index is -0.848. The molecule has 0 fully saturated rings. The van der Waals surface area contributed by atoms with E-state index in [9.17, 15) is 9.59 Å². The number of hydrogen-bond donors (Lipinski definition) is 0. The highest BCUT2D eigenvalue weighted by Gasteiger charge is 2.27. The molecule has 0 radical (unpaired) electrons. The highest BCUT2D eigenvalue weighted by Crippen LogP contribution is 2.24. The lowest BCUT2D eigenvalue weighted by molar-refractivity contribution is -0.141. The van der Waals surface area contributed by atoms with E-state index in [0.29, 0.717) is 38.2 Å². The Hall–Kier alpha value is -2.67. The topological polar surface area (TPSA) is 49.9 Å². The van der Waals surface area contributed by atoms with E-state index in [4.69, 9.17) is 16.3 Å². The molecule has 0 aliphatic heterocycles. The molecule has 180 valence electrons. The van der Waals surface area contributed by atoms with Crippen LogP contribution < -0.4 is 0 Å². The molecule has 2 aromatic carbocycles. The molecule has 1 atom stereocenters. The molecule has 0 spiro atoms. The summed E-state index contributed by atoms with van der Waals surface area (Å²) in [7, 11) is 1.62. The number of thiophene rings is 1. The monoisotopic (exact) mass is 498 g/mol. The molecule has 0 bridgehead atoms. The van der Waals surface area contributed by atoms with Crippen molar-refractivity contribution in [2.45, 2.75) is 31.8 Å². The number of ether oxygens (including phenoxy) is 1. The van der Waals surface area contributed by atoms with Gasteiger partial charge in [-0.15, -0.1) is 22.9 Å². The minimum Gasteiger partial charge on any atom is -0.385 e. The van der Waals surface area contributed by atoms with Gasteiger partial charge < -0.3 is 14.5 Å².